The van der Waals surface area contributed by atoms with Crippen molar-refractivity contribution in [3.05, 3.63) is 29.8 Å². The SMILES string of the molecule is CCCOc1ccc(CCNC(=O)C2CSCN2)cc1. The van der Waals surface area contributed by atoms with E-state index in [4.69, 9.17) is 4.74 Å². The van der Waals surface area contributed by atoms with Gasteiger partial charge in [-0.25, -0.2) is 0 Å². The van der Waals surface area contributed by atoms with Gasteiger partial charge in [0, 0.05) is 18.2 Å². The van der Waals surface area contributed by atoms with E-state index in [-0.39, 0.29) is 11.9 Å². The highest BCUT2D eigenvalue weighted by molar-refractivity contribution is 7.99. The zero-order valence-corrected chi connectivity index (χ0v) is 12.7. The molecule has 1 aliphatic heterocycles. The first kappa shape index (κ1) is 15.2. The quantitative estimate of drug-likeness (QED) is 0.805. The fourth-order valence-corrected chi connectivity index (χ4v) is 2.93. The minimum absolute atomic E-state index is 0.0233. The van der Waals surface area contributed by atoms with Gasteiger partial charge in [0.25, 0.3) is 0 Å². The van der Waals surface area contributed by atoms with Gasteiger partial charge in [-0.1, -0.05) is 19.1 Å². The molecule has 1 aromatic carbocycles. The lowest BCUT2D eigenvalue weighted by Crippen LogP contribution is -2.42. The molecule has 5 heteroatoms. The topological polar surface area (TPSA) is 50.4 Å². The molecular formula is C15H22N2O2S. The van der Waals surface area contributed by atoms with E-state index < -0.39 is 0 Å². The number of hydrogen-bond donors (Lipinski definition) is 2. The fraction of sp³-hybridized carbons (Fsp3) is 0.533. The van der Waals surface area contributed by atoms with Crippen molar-refractivity contribution < 1.29 is 9.53 Å². The summed E-state index contributed by atoms with van der Waals surface area (Å²) in [6, 6.07) is 8.07. The molecule has 0 aromatic heterocycles. The molecule has 1 atom stereocenters. The molecule has 2 N–H and O–H groups in total. The highest BCUT2D eigenvalue weighted by Crippen LogP contribution is 2.13. The number of ether oxygens (including phenoxy) is 1. The molecule has 1 aliphatic rings. The van der Waals surface area contributed by atoms with Crippen molar-refractivity contribution in [1.29, 1.82) is 0 Å². The summed E-state index contributed by atoms with van der Waals surface area (Å²) in [6.07, 6.45) is 1.86. The summed E-state index contributed by atoms with van der Waals surface area (Å²) in [6.45, 7) is 3.52. The average Bonchev–Trinajstić information content (AvgIpc) is 3.00. The predicted molar refractivity (Wildman–Crippen MR) is 83.2 cm³/mol. The second kappa shape index (κ2) is 8.17. The molecule has 0 radical (unpaired) electrons. The molecule has 1 amide bonds. The molecule has 1 aromatic rings. The summed E-state index contributed by atoms with van der Waals surface area (Å²) in [5.41, 5.74) is 1.21. The summed E-state index contributed by atoms with van der Waals surface area (Å²) in [5.74, 6) is 2.76. The molecule has 0 spiro atoms. The van der Waals surface area contributed by atoms with Crippen LogP contribution in [0.25, 0.3) is 0 Å². The Bertz CT molecular complexity index is 416. The van der Waals surface area contributed by atoms with Crippen molar-refractivity contribution in [2.45, 2.75) is 25.8 Å². The Hall–Kier alpha value is -1.20. The smallest absolute Gasteiger partial charge is 0.238 e. The molecule has 0 saturated carbocycles. The normalized spacial score (nSPS) is 17.9. The molecule has 1 unspecified atom stereocenters. The number of benzene rings is 1. The number of hydrogen-bond acceptors (Lipinski definition) is 4. The zero-order valence-electron chi connectivity index (χ0n) is 11.9. The minimum atomic E-state index is -0.0233. The van der Waals surface area contributed by atoms with Gasteiger partial charge in [-0.15, -0.1) is 11.8 Å². The Labute approximate surface area is 124 Å². The highest BCUT2D eigenvalue weighted by Gasteiger charge is 2.21. The van der Waals surface area contributed by atoms with E-state index in [1.54, 1.807) is 11.8 Å². The first-order valence-electron chi connectivity index (χ1n) is 7.10. The van der Waals surface area contributed by atoms with E-state index in [0.29, 0.717) is 6.54 Å². The molecular weight excluding hydrogens is 272 g/mol. The monoisotopic (exact) mass is 294 g/mol. The molecule has 0 aliphatic carbocycles. The van der Waals surface area contributed by atoms with Gasteiger partial charge in [-0.3, -0.25) is 10.1 Å². The molecule has 1 saturated heterocycles. The second-order valence-electron chi connectivity index (χ2n) is 4.81. The van der Waals surface area contributed by atoms with Crippen LogP contribution in [-0.2, 0) is 11.2 Å². The first-order chi connectivity index (χ1) is 9.79. The molecule has 2 rings (SSSR count). The van der Waals surface area contributed by atoms with Crippen molar-refractivity contribution >= 4 is 17.7 Å². The zero-order chi connectivity index (χ0) is 14.2. The Morgan fingerprint density at radius 1 is 1.45 bits per heavy atom. The van der Waals surface area contributed by atoms with Crippen LogP contribution in [0.4, 0.5) is 0 Å². The number of nitrogens with one attached hydrogen (secondary N) is 2. The second-order valence-corrected chi connectivity index (χ2v) is 5.84. The van der Waals surface area contributed by atoms with Crippen LogP contribution in [0.1, 0.15) is 18.9 Å². The van der Waals surface area contributed by atoms with Gasteiger partial charge in [0.15, 0.2) is 0 Å². The van der Waals surface area contributed by atoms with E-state index >= 15 is 0 Å². The van der Waals surface area contributed by atoms with Gasteiger partial charge in [0.05, 0.1) is 12.6 Å². The van der Waals surface area contributed by atoms with Gasteiger partial charge in [-0.2, -0.15) is 0 Å². The molecule has 0 bridgehead atoms. The standard InChI is InChI=1S/C15H22N2O2S/c1-2-9-19-13-5-3-12(4-6-13)7-8-16-15(18)14-10-20-11-17-14/h3-6,14,17H,2,7-11H2,1H3,(H,16,18). The van der Waals surface area contributed by atoms with Crippen LogP contribution in [0.3, 0.4) is 0 Å². The minimum Gasteiger partial charge on any atom is -0.494 e. The van der Waals surface area contributed by atoms with E-state index in [1.807, 2.05) is 12.1 Å². The molecule has 20 heavy (non-hydrogen) atoms. The Morgan fingerprint density at radius 3 is 2.90 bits per heavy atom. The average molecular weight is 294 g/mol. The lowest BCUT2D eigenvalue weighted by Gasteiger charge is -2.10. The summed E-state index contributed by atoms with van der Waals surface area (Å²) in [4.78, 5) is 11.8. The number of rotatable bonds is 7. The molecule has 110 valence electrons. The van der Waals surface area contributed by atoms with Gasteiger partial charge < -0.3 is 10.1 Å². The van der Waals surface area contributed by atoms with E-state index in [0.717, 1.165) is 36.8 Å². The van der Waals surface area contributed by atoms with Crippen LogP contribution in [0.15, 0.2) is 24.3 Å². The lowest BCUT2D eigenvalue weighted by molar-refractivity contribution is -0.122. The Morgan fingerprint density at radius 2 is 2.25 bits per heavy atom. The van der Waals surface area contributed by atoms with E-state index in [1.165, 1.54) is 5.56 Å². The third-order valence-corrected chi connectivity index (χ3v) is 4.08. The third kappa shape index (κ3) is 4.72. The van der Waals surface area contributed by atoms with Crippen LogP contribution in [0, 0.1) is 0 Å². The van der Waals surface area contributed by atoms with Crippen LogP contribution >= 0.6 is 11.8 Å². The summed E-state index contributed by atoms with van der Waals surface area (Å²) in [7, 11) is 0. The maximum Gasteiger partial charge on any atom is 0.238 e. The highest BCUT2D eigenvalue weighted by atomic mass is 32.2. The van der Waals surface area contributed by atoms with E-state index in [2.05, 4.69) is 29.7 Å². The van der Waals surface area contributed by atoms with Crippen LogP contribution in [0.2, 0.25) is 0 Å². The number of amides is 1. The predicted octanol–water partition coefficient (Wildman–Crippen LogP) is 1.80. The summed E-state index contributed by atoms with van der Waals surface area (Å²) >= 11 is 1.76. The van der Waals surface area contributed by atoms with Crippen molar-refractivity contribution in [2.24, 2.45) is 0 Å². The maximum atomic E-state index is 11.8. The summed E-state index contributed by atoms with van der Waals surface area (Å²) in [5, 5.41) is 6.14. The van der Waals surface area contributed by atoms with Crippen LogP contribution in [0.5, 0.6) is 5.75 Å². The van der Waals surface area contributed by atoms with E-state index in [9.17, 15) is 4.79 Å². The van der Waals surface area contributed by atoms with Gasteiger partial charge >= 0.3 is 0 Å². The van der Waals surface area contributed by atoms with Crippen molar-refractivity contribution in [3.8, 4) is 5.75 Å². The van der Waals surface area contributed by atoms with Crippen molar-refractivity contribution in [3.63, 3.8) is 0 Å². The third-order valence-electron chi connectivity index (χ3n) is 3.14. The van der Waals surface area contributed by atoms with Crippen LogP contribution < -0.4 is 15.4 Å². The molecule has 4 nitrogen and oxygen atoms in total. The molecule has 1 fully saturated rings. The van der Waals surface area contributed by atoms with Crippen molar-refractivity contribution in [2.75, 3.05) is 24.8 Å². The van der Waals surface area contributed by atoms with Gasteiger partial charge in [0.2, 0.25) is 5.91 Å². The summed E-state index contributed by atoms with van der Waals surface area (Å²) < 4.78 is 5.54. The lowest BCUT2D eigenvalue weighted by atomic mass is 10.1. The van der Waals surface area contributed by atoms with Crippen LogP contribution in [-0.4, -0.2) is 36.7 Å². The van der Waals surface area contributed by atoms with Gasteiger partial charge in [-0.05, 0) is 30.5 Å². The fourth-order valence-electron chi connectivity index (χ4n) is 1.99. The first-order valence-corrected chi connectivity index (χ1v) is 8.25. The van der Waals surface area contributed by atoms with Gasteiger partial charge in [0.1, 0.15) is 5.75 Å². The van der Waals surface area contributed by atoms with Crippen molar-refractivity contribution in [1.82, 2.24) is 10.6 Å². The molecule has 1 heterocycles. The Balaban J connectivity index is 1.69. The largest absolute Gasteiger partial charge is 0.494 e. The number of thioether (sulfide) groups is 1. The number of carbonyl (C=O) groups excluding carboxylic acids is 1. The Kier molecular flexibility index (Phi) is 6.21. The number of carbonyl (C=O) groups is 1. The maximum absolute atomic E-state index is 11.8.